The molecule has 0 amide bonds. The van der Waals surface area contributed by atoms with E-state index in [1.54, 1.807) is 7.11 Å². The van der Waals surface area contributed by atoms with E-state index >= 15 is 0 Å². The smallest absolute Gasteiger partial charge is 0.157 e. The van der Waals surface area contributed by atoms with Gasteiger partial charge in [0.15, 0.2) is 5.17 Å². The number of methoxy groups -OCH3 is 1. The number of nitrogens with one attached hydrogen (secondary N) is 1. The minimum Gasteiger partial charge on any atom is -0.385 e. The van der Waals surface area contributed by atoms with Gasteiger partial charge in [-0.2, -0.15) is 0 Å². The summed E-state index contributed by atoms with van der Waals surface area (Å²) in [5.41, 5.74) is 0. The predicted octanol–water partition coefficient (Wildman–Crippen LogP) is 2.27. The molecule has 0 radical (unpaired) electrons. The molecule has 0 fully saturated rings. The lowest BCUT2D eigenvalue weighted by Gasteiger charge is -2.22. The summed E-state index contributed by atoms with van der Waals surface area (Å²) in [6.07, 6.45) is 3.41. The van der Waals surface area contributed by atoms with E-state index in [0.717, 1.165) is 24.6 Å². The van der Waals surface area contributed by atoms with Crippen LogP contribution in [0.25, 0.3) is 0 Å². The topological polar surface area (TPSA) is 33.6 Å². The minimum atomic E-state index is 0.451. The van der Waals surface area contributed by atoms with Crippen LogP contribution in [0.1, 0.15) is 33.1 Å². The van der Waals surface area contributed by atoms with Crippen molar-refractivity contribution in [3.63, 3.8) is 0 Å². The van der Waals surface area contributed by atoms with Crippen molar-refractivity contribution in [1.29, 1.82) is 0 Å². The average Bonchev–Trinajstić information content (AvgIpc) is 2.26. The third kappa shape index (κ3) is 4.89. The lowest BCUT2D eigenvalue weighted by atomic mass is 10.2. The summed E-state index contributed by atoms with van der Waals surface area (Å²) in [6, 6.07) is 0.982. The third-order valence-corrected chi connectivity index (χ3v) is 3.52. The first-order chi connectivity index (χ1) is 7.26. The normalized spacial score (nSPS) is 23.4. The zero-order valence-electron chi connectivity index (χ0n) is 9.95. The molecule has 0 aromatic heterocycles. The van der Waals surface area contributed by atoms with Gasteiger partial charge in [-0.05, 0) is 26.2 Å². The van der Waals surface area contributed by atoms with E-state index in [9.17, 15) is 0 Å². The molecule has 15 heavy (non-hydrogen) atoms. The quantitative estimate of drug-likeness (QED) is 0.786. The number of hydrogen-bond acceptors (Lipinski definition) is 4. The molecule has 88 valence electrons. The number of aliphatic imine (C=N–C) groups is 1. The van der Waals surface area contributed by atoms with Gasteiger partial charge in [0.1, 0.15) is 0 Å². The van der Waals surface area contributed by atoms with Crippen molar-refractivity contribution in [1.82, 2.24) is 5.32 Å². The first kappa shape index (κ1) is 12.8. The van der Waals surface area contributed by atoms with E-state index < -0.39 is 0 Å². The molecule has 0 saturated carbocycles. The predicted molar refractivity (Wildman–Crippen MR) is 67.7 cm³/mol. The molecule has 3 nitrogen and oxygen atoms in total. The fourth-order valence-electron chi connectivity index (χ4n) is 1.51. The summed E-state index contributed by atoms with van der Waals surface area (Å²) >= 11 is 1.84. The van der Waals surface area contributed by atoms with Crippen molar-refractivity contribution < 1.29 is 4.74 Å². The van der Waals surface area contributed by atoms with E-state index in [1.165, 1.54) is 12.2 Å². The molecule has 0 spiro atoms. The summed E-state index contributed by atoms with van der Waals surface area (Å²) in [4.78, 5) is 4.68. The van der Waals surface area contributed by atoms with E-state index in [0.29, 0.717) is 12.1 Å². The second-order valence-corrected chi connectivity index (χ2v) is 5.04. The fraction of sp³-hybridized carbons (Fsp3) is 0.909. The summed E-state index contributed by atoms with van der Waals surface area (Å²) in [7, 11) is 1.74. The SMILES string of the molecule is CCC1CCSC(NC(C)CCOC)=N1. The Morgan fingerprint density at radius 2 is 2.47 bits per heavy atom. The fourth-order valence-corrected chi connectivity index (χ4v) is 2.60. The van der Waals surface area contributed by atoms with Gasteiger partial charge in [-0.1, -0.05) is 18.7 Å². The molecule has 1 rings (SSSR count). The Labute approximate surface area is 97.1 Å². The van der Waals surface area contributed by atoms with Crippen molar-refractivity contribution >= 4 is 16.9 Å². The average molecular weight is 230 g/mol. The Morgan fingerprint density at radius 1 is 1.67 bits per heavy atom. The molecule has 0 saturated heterocycles. The Morgan fingerprint density at radius 3 is 3.13 bits per heavy atom. The van der Waals surface area contributed by atoms with Crippen LogP contribution in [0, 0.1) is 0 Å². The zero-order valence-corrected chi connectivity index (χ0v) is 10.8. The number of amidine groups is 1. The molecule has 0 aliphatic carbocycles. The molecule has 1 aliphatic heterocycles. The Balaban J connectivity index is 2.33. The van der Waals surface area contributed by atoms with Crippen LogP contribution in [0.2, 0.25) is 0 Å². The lowest BCUT2D eigenvalue weighted by molar-refractivity contribution is 0.187. The maximum Gasteiger partial charge on any atom is 0.157 e. The third-order valence-electron chi connectivity index (χ3n) is 2.59. The summed E-state index contributed by atoms with van der Waals surface area (Å²) in [6.45, 7) is 5.19. The maximum atomic E-state index is 5.06. The molecule has 2 unspecified atom stereocenters. The van der Waals surface area contributed by atoms with Gasteiger partial charge in [0.2, 0.25) is 0 Å². The monoisotopic (exact) mass is 230 g/mol. The second-order valence-electron chi connectivity index (χ2n) is 3.96. The van der Waals surface area contributed by atoms with Gasteiger partial charge in [-0.15, -0.1) is 0 Å². The highest BCUT2D eigenvalue weighted by Gasteiger charge is 2.15. The number of nitrogens with zero attached hydrogens (tertiary/aromatic N) is 1. The number of thioether (sulfide) groups is 1. The molecule has 2 atom stereocenters. The highest BCUT2D eigenvalue weighted by Crippen LogP contribution is 2.18. The lowest BCUT2D eigenvalue weighted by Crippen LogP contribution is -2.34. The number of ether oxygens (including phenoxy) is 1. The summed E-state index contributed by atoms with van der Waals surface area (Å²) < 4.78 is 5.06. The summed E-state index contributed by atoms with van der Waals surface area (Å²) in [5, 5.41) is 4.57. The van der Waals surface area contributed by atoms with Gasteiger partial charge >= 0.3 is 0 Å². The minimum absolute atomic E-state index is 0.451. The Kier molecular flexibility index (Phi) is 6.10. The van der Waals surface area contributed by atoms with Gasteiger partial charge < -0.3 is 10.1 Å². The second kappa shape index (κ2) is 7.12. The highest BCUT2D eigenvalue weighted by atomic mass is 32.2. The van der Waals surface area contributed by atoms with Crippen LogP contribution in [0.3, 0.4) is 0 Å². The van der Waals surface area contributed by atoms with E-state index in [-0.39, 0.29) is 0 Å². The van der Waals surface area contributed by atoms with Gasteiger partial charge in [0.05, 0.1) is 6.04 Å². The molecule has 0 aromatic carbocycles. The van der Waals surface area contributed by atoms with E-state index in [1.807, 2.05) is 11.8 Å². The largest absolute Gasteiger partial charge is 0.385 e. The van der Waals surface area contributed by atoms with Crippen molar-refractivity contribution in [2.75, 3.05) is 19.5 Å². The van der Waals surface area contributed by atoms with Crippen LogP contribution < -0.4 is 5.32 Å². The summed E-state index contributed by atoms with van der Waals surface area (Å²) in [5.74, 6) is 1.20. The molecule has 1 heterocycles. The zero-order chi connectivity index (χ0) is 11.1. The van der Waals surface area contributed by atoms with Gasteiger partial charge in [0.25, 0.3) is 0 Å². The molecule has 0 bridgehead atoms. The van der Waals surface area contributed by atoms with Crippen LogP contribution >= 0.6 is 11.8 Å². The highest BCUT2D eigenvalue weighted by molar-refractivity contribution is 8.13. The van der Waals surface area contributed by atoms with Crippen LogP contribution in [0.15, 0.2) is 4.99 Å². The van der Waals surface area contributed by atoms with Crippen molar-refractivity contribution in [2.45, 2.75) is 45.2 Å². The molecular weight excluding hydrogens is 208 g/mol. The van der Waals surface area contributed by atoms with Gasteiger partial charge in [-0.3, -0.25) is 4.99 Å². The van der Waals surface area contributed by atoms with Crippen LogP contribution in [0.5, 0.6) is 0 Å². The van der Waals surface area contributed by atoms with Gasteiger partial charge in [-0.25, -0.2) is 0 Å². The number of hydrogen-bond donors (Lipinski definition) is 1. The molecule has 1 N–H and O–H groups in total. The Bertz CT molecular complexity index is 209. The maximum absolute atomic E-state index is 5.06. The van der Waals surface area contributed by atoms with Crippen LogP contribution in [-0.4, -0.2) is 36.7 Å². The first-order valence-corrected chi connectivity index (χ1v) is 6.71. The molecule has 4 heteroatoms. The van der Waals surface area contributed by atoms with Crippen molar-refractivity contribution in [3.8, 4) is 0 Å². The Hall–Kier alpha value is -0.220. The standard InChI is InChI=1S/C11H22N2OS/c1-4-10-6-8-15-11(13-10)12-9(2)5-7-14-3/h9-10H,4-8H2,1-3H3,(H,12,13). The molecule has 1 aliphatic rings. The van der Waals surface area contributed by atoms with Crippen LogP contribution in [0.4, 0.5) is 0 Å². The van der Waals surface area contributed by atoms with Crippen molar-refractivity contribution in [3.05, 3.63) is 0 Å². The van der Waals surface area contributed by atoms with Gasteiger partial charge in [0, 0.05) is 25.5 Å². The van der Waals surface area contributed by atoms with Crippen LogP contribution in [-0.2, 0) is 4.74 Å². The van der Waals surface area contributed by atoms with E-state index in [4.69, 9.17) is 4.74 Å². The molecular formula is C11H22N2OS. The van der Waals surface area contributed by atoms with E-state index in [2.05, 4.69) is 24.2 Å². The first-order valence-electron chi connectivity index (χ1n) is 5.72. The van der Waals surface area contributed by atoms with Crippen molar-refractivity contribution in [2.24, 2.45) is 4.99 Å². The number of rotatable bonds is 5. The molecule has 0 aromatic rings.